The maximum Gasteiger partial charge on any atom is 0.235 e. The fourth-order valence-electron chi connectivity index (χ4n) is 3.57. The van der Waals surface area contributed by atoms with E-state index in [4.69, 9.17) is 4.52 Å². The first kappa shape index (κ1) is 16.9. The van der Waals surface area contributed by atoms with Crippen LogP contribution in [0, 0.1) is 18.3 Å². The van der Waals surface area contributed by atoms with E-state index in [1.54, 1.807) is 0 Å². The molecule has 1 saturated heterocycles. The van der Waals surface area contributed by atoms with Crippen LogP contribution in [0.5, 0.6) is 0 Å². The number of amides is 1. The second kappa shape index (κ2) is 7.32. The summed E-state index contributed by atoms with van der Waals surface area (Å²) in [5.41, 5.74) is 0.280. The number of rotatable bonds is 5. The minimum Gasteiger partial charge on any atom is -0.360 e. The molecule has 0 spiro atoms. The number of piperazine rings is 1. The van der Waals surface area contributed by atoms with Gasteiger partial charge in [-0.1, -0.05) is 5.16 Å². The molecular formula is C17H25N5O2. The van der Waals surface area contributed by atoms with Crippen LogP contribution in [-0.2, 0) is 11.3 Å². The molecule has 0 unspecified atom stereocenters. The molecule has 0 bridgehead atoms. The number of hydrogen-bond acceptors (Lipinski definition) is 6. The fraction of sp³-hybridized carbons (Fsp3) is 0.706. The van der Waals surface area contributed by atoms with E-state index in [0.717, 1.165) is 69.9 Å². The summed E-state index contributed by atoms with van der Waals surface area (Å²) < 4.78 is 5.26. The number of carbonyl (C=O) groups is 1. The minimum absolute atomic E-state index is 0.0299. The van der Waals surface area contributed by atoms with Crippen LogP contribution in [-0.4, -0.2) is 59.1 Å². The lowest BCUT2D eigenvalue weighted by Gasteiger charge is -2.34. The Morgan fingerprint density at radius 2 is 2.00 bits per heavy atom. The number of aryl methyl sites for hydroxylation is 1. The Morgan fingerprint density at radius 1 is 1.33 bits per heavy atom. The summed E-state index contributed by atoms with van der Waals surface area (Å²) in [7, 11) is 0. The summed E-state index contributed by atoms with van der Waals surface area (Å²) in [5.74, 6) is 0.855. The summed E-state index contributed by atoms with van der Waals surface area (Å²) in [6.45, 7) is 6.55. The molecule has 24 heavy (non-hydrogen) atoms. The summed E-state index contributed by atoms with van der Waals surface area (Å²) >= 11 is 0. The van der Waals surface area contributed by atoms with Crippen molar-refractivity contribution in [2.75, 3.05) is 32.7 Å². The van der Waals surface area contributed by atoms with Crippen molar-refractivity contribution in [3.8, 4) is 6.07 Å². The van der Waals surface area contributed by atoms with Gasteiger partial charge in [0.1, 0.15) is 5.54 Å². The molecule has 1 aliphatic carbocycles. The highest BCUT2D eigenvalue weighted by Gasteiger charge is 2.35. The minimum atomic E-state index is -0.622. The van der Waals surface area contributed by atoms with E-state index in [9.17, 15) is 10.1 Å². The van der Waals surface area contributed by atoms with Gasteiger partial charge in [0.25, 0.3) is 0 Å². The van der Waals surface area contributed by atoms with Crippen LogP contribution in [0.3, 0.4) is 0 Å². The Labute approximate surface area is 142 Å². The van der Waals surface area contributed by atoms with E-state index in [1.165, 1.54) is 0 Å². The lowest BCUT2D eigenvalue weighted by molar-refractivity contribution is -0.124. The van der Waals surface area contributed by atoms with Gasteiger partial charge < -0.3 is 9.84 Å². The number of nitrogens with one attached hydrogen (secondary N) is 1. The first-order chi connectivity index (χ1) is 11.6. The van der Waals surface area contributed by atoms with Crippen LogP contribution in [0.25, 0.3) is 0 Å². The highest BCUT2D eigenvalue weighted by molar-refractivity contribution is 5.79. The number of hydrogen-bond donors (Lipinski definition) is 1. The molecule has 130 valence electrons. The summed E-state index contributed by atoms with van der Waals surface area (Å²) in [5, 5.41) is 16.2. The Morgan fingerprint density at radius 3 is 2.58 bits per heavy atom. The SMILES string of the molecule is Cc1cc(CN2CCN(CC(=O)NC3(C#N)CCCC3)CC2)on1. The number of nitriles is 1. The van der Waals surface area contributed by atoms with Crippen LogP contribution in [0.15, 0.2) is 10.6 Å². The topological polar surface area (TPSA) is 85.4 Å². The van der Waals surface area contributed by atoms with Crippen molar-refractivity contribution in [3.05, 3.63) is 17.5 Å². The highest BCUT2D eigenvalue weighted by Crippen LogP contribution is 2.28. The maximum absolute atomic E-state index is 12.3. The van der Waals surface area contributed by atoms with Crippen molar-refractivity contribution in [1.82, 2.24) is 20.3 Å². The molecule has 2 aliphatic rings. The molecule has 2 fully saturated rings. The second-order valence-corrected chi connectivity index (χ2v) is 6.94. The maximum atomic E-state index is 12.3. The normalized spacial score (nSPS) is 21.5. The average Bonchev–Trinajstić information content (AvgIpc) is 3.19. The monoisotopic (exact) mass is 331 g/mol. The van der Waals surface area contributed by atoms with Gasteiger partial charge in [0.15, 0.2) is 5.76 Å². The van der Waals surface area contributed by atoms with E-state index in [2.05, 4.69) is 26.3 Å². The average molecular weight is 331 g/mol. The zero-order valence-electron chi connectivity index (χ0n) is 14.3. The van der Waals surface area contributed by atoms with Gasteiger partial charge in [0.2, 0.25) is 5.91 Å². The third kappa shape index (κ3) is 4.13. The van der Waals surface area contributed by atoms with Crippen LogP contribution >= 0.6 is 0 Å². The van der Waals surface area contributed by atoms with E-state index in [1.807, 2.05) is 13.0 Å². The van der Waals surface area contributed by atoms with Crippen molar-refractivity contribution in [2.24, 2.45) is 0 Å². The molecule has 0 atom stereocenters. The predicted octanol–water partition coefficient (Wildman–Crippen LogP) is 1.05. The highest BCUT2D eigenvalue weighted by atomic mass is 16.5. The van der Waals surface area contributed by atoms with Gasteiger partial charge in [-0.3, -0.25) is 14.6 Å². The third-order valence-corrected chi connectivity index (χ3v) is 4.94. The van der Waals surface area contributed by atoms with Crippen molar-refractivity contribution >= 4 is 5.91 Å². The molecule has 1 amide bonds. The quantitative estimate of drug-likeness (QED) is 0.868. The predicted molar refractivity (Wildman–Crippen MR) is 87.9 cm³/mol. The van der Waals surface area contributed by atoms with E-state index in [-0.39, 0.29) is 5.91 Å². The van der Waals surface area contributed by atoms with Gasteiger partial charge in [-0.15, -0.1) is 0 Å². The van der Waals surface area contributed by atoms with Crippen molar-refractivity contribution < 1.29 is 9.32 Å². The zero-order chi connectivity index (χ0) is 17.0. The number of nitrogens with zero attached hydrogens (tertiary/aromatic N) is 4. The molecule has 1 aromatic rings. The van der Waals surface area contributed by atoms with Crippen molar-refractivity contribution in [2.45, 2.75) is 44.7 Å². The second-order valence-electron chi connectivity index (χ2n) is 6.94. The van der Waals surface area contributed by atoms with Crippen molar-refractivity contribution in [3.63, 3.8) is 0 Å². The fourth-order valence-corrected chi connectivity index (χ4v) is 3.57. The molecule has 0 radical (unpaired) electrons. The van der Waals surface area contributed by atoms with Gasteiger partial charge in [0.05, 0.1) is 24.9 Å². The van der Waals surface area contributed by atoms with Crippen molar-refractivity contribution in [1.29, 1.82) is 5.26 Å². The molecule has 7 nitrogen and oxygen atoms in total. The van der Waals surface area contributed by atoms with Gasteiger partial charge in [-0.05, 0) is 32.6 Å². The number of aromatic nitrogens is 1. The standard InChI is InChI=1S/C17H25N5O2/c1-14-10-15(24-20-14)11-21-6-8-22(9-7-21)12-16(23)19-17(13-18)4-2-3-5-17/h10H,2-9,11-12H2,1H3,(H,19,23). The van der Waals surface area contributed by atoms with Crippen LogP contribution < -0.4 is 5.32 Å². The smallest absolute Gasteiger partial charge is 0.235 e. The molecule has 1 aromatic heterocycles. The zero-order valence-corrected chi connectivity index (χ0v) is 14.3. The van der Waals surface area contributed by atoms with E-state index in [0.29, 0.717) is 6.54 Å². The van der Waals surface area contributed by atoms with E-state index < -0.39 is 5.54 Å². The van der Waals surface area contributed by atoms with Crippen LogP contribution in [0.4, 0.5) is 0 Å². The summed E-state index contributed by atoms with van der Waals surface area (Å²) in [6, 6.07) is 4.27. The van der Waals surface area contributed by atoms with Gasteiger partial charge in [-0.2, -0.15) is 5.26 Å². The first-order valence-corrected chi connectivity index (χ1v) is 8.68. The molecule has 1 N–H and O–H groups in total. The van der Waals surface area contributed by atoms with Crippen LogP contribution in [0.2, 0.25) is 0 Å². The Hall–Kier alpha value is -1.91. The lowest BCUT2D eigenvalue weighted by atomic mass is 10.00. The summed E-state index contributed by atoms with van der Waals surface area (Å²) in [4.78, 5) is 16.7. The van der Waals surface area contributed by atoms with Crippen LogP contribution in [0.1, 0.15) is 37.1 Å². The molecule has 0 aromatic carbocycles. The van der Waals surface area contributed by atoms with Gasteiger partial charge in [0, 0.05) is 32.2 Å². The Balaban J connectivity index is 1.42. The number of carbonyl (C=O) groups excluding carboxylic acids is 1. The van der Waals surface area contributed by atoms with E-state index >= 15 is 0 Å². The van der Waals surface area contributed by atoms with Gasteiger partial charge >= 0.3 is 0 Å². The summed E-state index contributed by atoms with van der Waals surface area (Å²) in [6.07, 6.45) is 3.60. The largest absolute Gasteiger partial charge is 0.360 e. The Kier molecular flexibility index (Phi) is 5.17. The molecule has 1 saturated carbocycles. The molecule has 3 rings (SSSR count). The Bertz CT molecular complexity index is 607. The molecule has 1 aliphatic heterocycles. The van der Waals surface area contributed by atoms with Gasteiger partial charge in [-0.25, -0.2) is 0 Å². The lowest BCUT2D eigenvalue weighted by Crippen LogP contribution is -2.52. The first-order valence-electron chi connectivity index (χ1n) is 8.68. The molecular weight excluding hydrogens is 306 g/mol. The third-order valence-electron chi connectivity index (χ3n) is 4.94. The molecule has 7 heteroatoms. The molecule has 2 heterocycles.